The van der Waals surface area contributed by atoms with Crippen molar-refractivity contribution < 1.29 is 9.59 Å². The van der Waals surface area contributed by atoms with Crippen LogP contribution in [0.15, 0.2) is 73.1 Å². The maximum atomic E-state index is 13.3. The van der Waals surface area contributed by atoms with Crippen LogP contribution in [0.5, 0.6) is 0 Å². The van der Waals surface area contributed by atoms with E-state index in [1.54, 1.807) is 41.6 Å². The quantitative estimate of drug-likeness (QED) is 0.705. The van der Waals surface area contributed by atoms with Crippen molar-refractivity contribution >= 4 is 17.5 Å². The van der Waals surface area contributed by atoms with E-state index >= 15 is 0 Å². The van der Waals surface area contributed by atoms with Crippen LogP contribution < -0.4 is 5.32 Å². The molecule has 5 nitrogen and oxygen atoms in total. The number of hydrogen-bond acceptors (Lipinski definition) is 3. The van der Waals surface area contributed by atoms with Crippen molar-refractivity contribution in [2.45, 2.75) is 26.9 Å². The van der Waals surface area contributed by atoms with Gasteiger partial charge in [0.2, 0.25) is 5.91 Å². The van der Waals surface area contributed by atoms with Gasteiger partial charge >= 0.3 is 0 Å². The maximum Gasteiger partial charge on any atom is 0.254 e. The molecule has 0 aliphatic carbocycles. The predicted molar refractivity (Wildman–Crippen MR) is 110 cm³/mol. The fourth-order valence-corrected chi connectivity index (χ4v) is 3.02. The monoisotopic (exact) mass is 373 g/mol. The van der Waals surface area contributed by atoms with Gasteiger partial charge in [-0.25, -0.2) is 0 Å². The third kappa shape index (κ3) is 5.04. The molecule has 0 aliphatic heterocycles. The molecule has 0 spiro atoms. The number of carbonyl (C=O) groups is 2. The van der Waals surface area contributed by atoms with Crippen LogP contribution >= 0.6 is 0 Å². The first kappa shape index (κ1) is 19.3. The molecular formula is C23H23N3O2. The third-order valence-electron chi connectivity index (χ3n) is 4.44. The molecule has 0 bridgehead atoms. The minimum atomic E-state index is -0.170. The molecule has 2 aromatic carbocycles. The molecule has 1 N–H and O–H groups in total. The van der Waals surface area contributed by atoms with Crippen molar-refractivity contribution in [3.63, 3.8) is 0 Å². The minimum Gasteiger partial charge on any atom is -0.330 e. The number of aromatic nitrogens is 1. The van der Waals surface area contributed by atoms with Crippen molar-refractivity contribution in [2.75, 3.05) is 5.32 Å². The third-order valence-corrected chi connectivity index (χ3v) is 4.44. The summed E-state index contributed by atoms with van der Waals surface area (Å²) in [5.74, 6) is -0.268. The summed E-state index contributed by atoms with van der Waals surface area (Å²) < 4.78 is 0. The lowest BCUT2D eigenvalue weighted by Crippen LogP contribution is -2.30. The highest BCUT2D eigenvalue weighted by Gasteiger charge is 2.18. The van der Waals surface area contributed by atoms with E-state index in [0.29, 0.717) is 24.3 Å². The normalized spacial score (nSPS) is 10.4. The fourth-order valence-electron chi connectivity index (χ4n) is 3.02. The number of nitrogens with zero attached hydrogens (tertiary/aromatic N) is 2. The van der Waals surface area contributed by atoms with Gasteiger partial charge in [-0.1, -0.05) is 36.4 Å². The van der Waals surface area contributed by atoms with E-state index in [4.69, 9.17) is 0 Å². The van der Waals surface area contributed by atoms with Crippen LogP contribution in [0.25, 0.3) is 0 Å². The van der Waals surface area contributed by atoms with Gasteiger partial charge in [-0.05, 0) is 47.9 Å². The van der Waals surface area contributed by atoms with Crippen molar-refractivity contribution in [1.82, 2.24) is 9.88 Å². The Kier molecular flexibility index (Phi) is 6.17. The molecule has 1 aromatic heterocycles. The lowest BCUT2D eigenvalue weighted by molar-refractivity contribution is -0.114. The average Bonchev–Trinajstić information content (AvgIpc) is 2.69. The first-order valence-electron chi connectivity index (χ1n) is 9.13. The Hall–Kier alpha value is -3.47. The summed E-state index contributed by atoms with van der Waals surface area (Å²) in [5.41, 5.74) is 4.33. The molecule has 0 atom stereocenters. The van der Waals surface area contributed by atoms with Crippen LogP contribution in [-0.4, -0.2) is 21.7 Å². The van der Waals surface area contributed by atoms with E-state index in [9.17, 15) is 9.59 Å². The van der Waals surface area contributed by atoms with Crippen LogP contribution in [0.3, 0.4) is 0 Å². The number of aryl methyl sites for hydroxylation is 1. The second kappa shape index (κ2) is 8.95. The van der Waals surface area contributed by atoms with Crippen LogP contribution in [0.1, 0.15) is 34.0 Å². The summed E-state index contributed by atoms with van der Waals surface area (Å²) in [6, 6.07) is 18.9. The molecule has 142 valence electrons. The Morgan fingerprint density at radius 3 is 2.54 bits per heavy atom. The molecule has 0 saturated carbocycles. The molecule has 0 unspecified atom stereocenters. The second-order valence-electron chi connectivity index (χ2n) is 6.71. The van der Waals surface area contributed by atoms with Gasteiger partial charge in [0.15, 0.2) is 0 Å². The number of rotatable bonds is 6. The van der Waals surface area contributed by atoms with Gasteiger partial charge in [0, 0.05) is 43.7 Å². The zero-order chi connectivity index (χ0) is 19.9. The summed E-state index contributed by atoms with van der Waals surface area (Å²) in [6.07, 6.45) is 3.49. The molecule has 5 heteroatoms. The molecule has 2 amide bonds. The number of benzene rings is 2. The zero-order valence-electron chi connectivity index (χ0n) is 16.1. The Bertz CT molecular complexity index is 970. The van der Waals surface area contributed by atoms with Crippen LogP contribution in [0.2, 0.25) is 0 Å². The Balaban J connectivity index is 1.90. The topological polar surface area (TPSA) is 62.3 Å². The van der Waals surface area contributed by atoms with E-state index in [-0.39, 0.29) is 11.8 Å². The minimum absolute atomic E-state index is 0.0979. The maximum absolute atomic E-state index is 13.3. The van der Waals surface area contributed by atoms with Crippen LogP contribution in [0.4, 0.5) is 5.69 Å². The molecule has 3 rings (SSSR count). The number of hydrogen-bond donors (Lipinski definition) is 1. The lowest BCUT2D eigenvalue weighted by atomic mass is 10.1. The summed E-state index contributed by atoms with van der Waals surface area (Å²) in [6.45, 7) is 4.43. The first-order valence-corrected chi connectivity index (χ1v) is 9.13. The SMILES string of the molecule is CC(=O)Nc1cccc(C(=O)N(Cc2cccnc2)Cc2ccccc2C)c1. The number of anilines is 1. The summed E-state index contributed by atoms with van der Waals surface area (Å²) in [7, 11) is 0. The molecule has 0 radical (unpaired) electrons. The number of nitrogens with one attached hydrogen (secondary N) is 1. The van der Waals surface area contributed by atoms with E-state index in [1.807, 2.05) is 43.3 Å². The highest BCUT2D eigenvalue weighted by atomic mass is 16.2. The Morgan fingerprint density at radius 2 is 1.82 bits per heavy atom. The molecule has 0 aliphatic rings. The van der Waals surface area contributed by atoms with Crippen molar-refractivity contribution in [1.29, 1.82) is 0 Å². The van der Waals surface area contributed by atoms with Gasteiger partial charge in [0.1, 0.15) is 0 Å². The van der Waals surface area contributed by atoms with Crippen molar-refractivity contribution in [3.8, 4) is 0 Å². The van der Waals surface area contributed by atoms with Gasteiger partial charge in [-0.15, -0.1) is 0 Å². The van der Waals surface area contributed by atoms with Gasteiger partial charge < -0.3 is 10.2 Å². The van der Waals surface area contributed by atoms with Crippen LogP contribution in [0, 0.1) is 6.92 Å². The summed E-state index contributed by atoms with van der Waals surface area (Å²) >= 11 is 0. The van der Waals surface area contributed by atoms with E-state index in [2.05, 4.69) is 10.3 Å². The zero-order valence-corrected chi connectivity index (χ0v) is 16.1. The molecule has 28 heavy (non-hydrogen) atoms. The van der Waals surface area contributed by atoms with Crippen LogP contribution in [-0.2, 0) is 17.9 Å². The molecule has 0 fully saturated rings. The largest absolute Gasteiger partial charge is 0.330 e. The Morgan fingerprint density at radius 1 is 1.00 bits per heavy atom. The van der Waals surface area contributed by atoms with Crippen molar-refractivity contribution in [3.05, 3.63) is 95.3 Å². The molecule has 0 saturated heterocycles. The molecule has 3 aromatic rings. The first-order chi connectivity index (χ1) is 13.5. The summed E-state index contributed by atoms with van der Waals surface area (Å²) in [5, 5.41) is 2.73. The number of pyridine rings is 1. The van der Waals surface area contributed by atoms with E-state index in [0.717, 1.165) is 16.7 Å². The average molecular weight is 373 g/mol. The number of carbonyl (C=O) groups excluding carboxylic acids is 2. The standard InChI is InChI=1S/C23H23N3O2/c1-17-7-3-4-9-21(17)16-26(15-19-8-6-12-24-14-19)23(28)20-10-5-11-22(13-20)25-18(2)27/h3-14H,15-16H2,1-2H3,(H,25,27). The van der Waals surface area contributed by atoms with Gasteiger partial charge in [0.25, 0.3) is 5.91 Å². The fraction of sp³-hybridized carbons (Fsp3) is 0.174. The Labute approximate surface area is 165 Å². The van der Waals surface area contributed by atoms with Gasteiger partial charge in [-0.2, -0.15) is 0 Å². The smallest absolute Gasteiger partial charge is 0.254 e. The predicted octanol–water partition coefficient (Wildman–Crippen LogP) is 4.19. The second-order valence-corrected chi connectivity index (χ2v) is 6.71. The highest BCUT2D eigenvalue weighted by molar-refractivity contribution is 5.96. The molecule has 1 heterocycles. The van der Waals surface area contributed by atoms with Gasteiger partial charge in [-0.3, -0.25) is 14.6 Å². The van der Waals surface area contributed by atoms with Crippen molar-refractivity contribution in [2.24, 2.45) is 0 Å². The van der Waals surface area contributed by atoms with E-state index in [1.165, 1.54) is 6.92 Å². The highest BCUT2D eigenvalue weighted by Crippen LogP contribution is 2.18. The van der Waals surface area contributed by atoms with E-state index < -0.39 is 0 Å². The number of amides is 2. The molecular weight excluding hydrogens is 350 g/mol. The van der Waals surface area contributed by atoms with Gasteiger partial charge in [0.05, 0.1) is 0 Å². The summed E-state index contributed by atoms with van der Waals surface area (Å²) in [4.78, 5) is 30.6. The lowest BCUT2D eigenvalue weighted by Gasteiger charge is -2.24.